The SMILES string of the molecule is Nc1ncnc(N2CCc3cc[nH]c(=O)c3C2)c1Cl. The Morgan fingerprint density at radius 1 is 1.42 bits per heavy atom. The molecule has 2 aromatic rings. The van der Waals surface area contributed by atoms with Gasteiger partial charge in [0.1, 0.15) is 17.2 Å². The van der Waals surface area contributed by atoms with Gasteiger partial charge in [0.05, 0.1) is 6.54 Å². The van der Waals surface area contributed by atoms with Crippen molar-refractivity contribution in [3.05, 3.63) is 45.1 Å². The predicted octanol–water partition coefficient (Wildman–Crippen LogP) is 0.963. The largest absolute Gasteiger partial charge is 0.382 e. The van der Waals surface area contributed by atoms with E-state index in [0.717, 1.165) is 24.1 Å². The number of hydrogen-bond acceptors (Lipinski definition) is 5. The highest BCUT2D eigenvalue weighted by molar-refractivity contribution is 6.35. The van der Waals surface area contributed by atoms with Crippen LogP contribution in [0.1, 0.15) is 11.1 Å². The van der Waals surface area contributed by atoms with Crippen LogP contribution in [-0.2, 0) is 13.0 Å². The lowest BCUT2D eigenvalue weighted by Gasteiger charge is -2.29. The highest BCUT2D eigenvalue weighted by atomic mass is 35.5. The normalized spacial score (nSPS) is 14.3. The summed E-state index contributed by atoms with van der Waals surface area (Å²) in [5.41, 5.74) is 7.42. The van der Waals surface area contributed by atoms with Crippen LogP contribution in [0.2, 0.25) is 5.02 Å². The van der Waals surface area contributed by atoms with Gasteiger partial charge in [-0.1, -0.05) is 11.6 Å². The fourth-order valence-electron chi connectivity index (χ4n) is 2.26. The molecule has 0 bridgehead atoms. The van der Waals surface area contributed by atoms with Crippen molar-refractivity contribution in [3.63, 3.8) is 0 Å². The number of pyridine rings is 1. The molecule has 0 unspecified atom stereocenters. The summed E-state index contributed by atoms with van der Waals surface area (Å²) in [5, 5.41) is 0.332. The summed E-state index contributed by atoms with van der Waals surface area (Å²) in [7, 11) is 0. The minimum atomic E-state index is -0.0691. The maximum Gasteiger partial charge on any atom is 0.253 e. The number of nitrogen functional groups attached to an aromatic ring is 1. The van der Waals surface area contributed by atoms with Gasteiger partial charge in [-0.25, -0.2) is 9.97 Å². The molecule has 3 N–H and O–H groups in total. The van der Waals surface area contributed by atoms with Crippen LogP contribution in [0.4, 0.5) is 11.6 Å². The van der Waals surface area contributed by atoms with Crippen LogP contribution in [0.5, 0.6) is 0 Å². The fraction of sp³-hybridized carbons (Fsp3) is 0.250. The summed E-state index contributed by atoms with van der Waals surface area (Å²) >= 11 is 6.12. The lowest BCUT2D eigenvalue weighted by atomic mass is 10.0. The van der Waals surface area contributed by atoms with Crippen molar-refractivity contribution in [2.45, 2.75) is 13.0 Å². The molecule has 0 aliphatic carbocycles. The van der Waals surface area contributed by atoms with Crippen molar-refractivity contribution in [2.24, 2.45) is 0 Å². The van der Waals surface area contributed by atoms with Gasteiger partial charge in [-0.05, 0) is 18.1 Å². The molecule has 0 spiro atoms. The van der Waals surface area contributed by atoms with E-state index in [1.165, 1.54) is 6.33 Å². The van der Waals surface area contributed by atoms with Crippen molar-refractivity contribution in [2.75, 3.05) is 17.2 Å². The number of aromatic amines is 1. The Balaban J connectivity index is 2.00. The molecule has 0 radical (unpaired) electrons. The Morgan fingerprint density at radius 3 is 3.11 bits per heavy atom. The van der Waals surface area contributed by atoms with Gasteiger partial charge in [0.15, 0.2) is 5.82 Å². The number of rotatable bonds is 1. The number of H-pyrrole nitrogens is 1. The van der Waals surface area contributed by atoms with Crippen molar-refractivity contribution in [1.29, 1.82) is 0 Å². The third-order valence-electron chi connectivity index (χ3n) is 3.26. The van der Waals surface area contributed by atoms with E-state index >= 15 is 0 Å². The van der Waals surface area contributed by atoms with Crippen LogP contribution in [-0.4, -0.2) is 21.5 Å². The van der Waals surface area contributed by atoms with Gasteiger partial charge in [-0.2, -0.15) is 0 Å². The summed E-state index contributed by atoms with van der Waals surface area (Å²) < 4.78 is 0. The summed E-state index contributed by atoms with van der Waals surface area (Å²) in [6.07, 6.45) is 3.83. The molecule has 1 aliphatic rings. The molecule has 98 valence electrons. The van der Waals surface area contributed by atoms with Gasteiger partial charge in [-0.15, -0.1) is 0 Å². The lowest BCUT2D eigenvalue weighted by Crippen LogP contribution is -2.35. The maximum atomic E-state index is 11.8. The molecular formula is C12H12ClN5O. The molecule has 19 heavy (non-hydrogen) atoms. The monoisotopic (exact) mass is 277 g/mol. The number of aromatic nitrogens is 3. The van der Waals surface area contributed by atoms with E-state index in [1.807, 2.05) is 11.0 Å². The van der Waals surface area contributed by atoms with Crippen LogP contribution in [0.3, 0.4) is 0 Å². The van der Waals surface area contributed by atoms with E-state index in [9.17, 15) is 4.79 Å². The molecule has 1 aliphatic heterocycles. The van der Waals surface area contributed by atoms with Gasteiger partial charge in [-0.3, -0.25) is 4.79 Å². The first-order chi connectivity index (χ1) is 9.16. The molecule has 0 atom stereocenters. The lowest BCUT2D eigenvalue weighted by molar-refractivity contribution is 0.709. The highest BCUT2D eigenvalue weighted by Crippen LogP contribution is 2.29. The second kappa shape index (κ2) is 4.55. The first kappa shape index (κ1) is 12.0. The number of anilines is 2. The second-order valence-electron chi connectivity index (χ2n) is 4.38. The van der Waals surface area contributed by atoms with E-state index in [2.05, 4.69) is 15.0 Å². The van der Waals surface area contributed by atoms with Crippen molar-refractivity contribution >= 4 is 23.2 Å². The summed E-state index contributed by atoms with van der Waals surface area (Å²) in [4.78, 5) is 24.4. The number of halogens is 1. The molecule has 0 aromatic carbocycles. The van der Waals surface area contributed by atoms with Crippen molar-refractivity contribution in [3.8, 4) is 0 Å². The van der Waals surface area contributed by atoms with E-state index in [4.69, 9.17) is 17.3 Å². The number of fused-ring (bicyclic) bond motifs is 1. The first-order valence-corrected chi connectivity index (χ1v) is 6.25. The Labute approximate surface area is 114 Å². The van der Waals surface area contributed by atoms with Crippen molar-refractivity contribution < 1.29 is 0 Å². The van der Waals surface area contributed by atoms with E-state index in [0.29, 0.717) is 17.4 Å². The van der Waals surface area contributed by atoms with Crippen LogP contribution < -0.4 is 16.2 Å². The minimum absolute atomic E-state index is 0.0691. The van der Waals surface area contributed by atoms with Gasteiger partial charge in [0.2, 0.25) is 0 Å². The zero-order valence-corrected chi connectivity index (χ0v) is 10.8. The maximum absolute atomic E-state index is 11.8. The molecule has 0 fully saturated rings. The molecule has 3 heterocycles. The van der Waals surface area contributed by atoms with Crippen LogP contribution in [0, 0.1) is 0 Å². The molecule has 0 saturated carbocycles. The zero-order valence-electron chi connectivity index (χ0n) is 10.1. The van der Waals surface area contributed by atoms with E-state index in [1.54, 1.807) is 6.20 Å². The number of nitrogens with two attached hydrogens (primary N) is 1. The van der Waals surface area contributed by atoms with E-state index in [-0.39, 0.29) is 11.4 Å². The number of nitrogens with one attached hydrogen (secondary N) is 1. The number of hydrogen-bond donors (Lipinski definition) is 2. The fourth-order valence-corrected chi connectivity index (χ4v) is 2.48. The third kappa shape index (κ3) is 2.04. The van der Waals surface area contributed by atoms with Gasteiger partial charge >= 0.3 is 0 Å². The molecule has 0 saturated heterocycles. The van der Waals surface area contributed by atoms with Crippen molar-refractivity contribution in [1.82, 2.24) is 15.0 Å². The minimum Gasteiger partial charge on any atom is -0.382 e. The molecule has 2 aromatic heterocycles. The summed E-state index contributed by atoms with van der Waals surface area (Å²) in [6.45, 7) is 1.22. The van der Waals surface area contributed by atoms with E-state index < -0.39 is 0 Å². The Kier molecular flexibility index (Phi) is 2.87. The average molecular weight is 278 g/mol. The van der Waals surface area contributed by atoms with Crippen LogP contribution >= 0.6 is 11.6 Å². The van der Waals surface area contributed by atoms with Crippen LogP contribution in [0.25, 0.3) is 0 Å². The van der Waals surface area contributed by atoms with Gasteiger partial charge < -0.3 is 15.6 Å². The molecule has 7 heteroatoms. The Hall–Kier alpha value is -2.08. The zero-order chi connectivity index (χ0) is 13.4. The Bertz CT molecular complexity index is 684. The highest BCUT2D eigenvalue weighted by Gasteiger charge is 2.22. The number of nitrogens with zero attached hydrogens (tertiary/aromatic N) is 3. The smallest absolute Gasteiger partial charge is 0.253 e. The molecule has 3 rings (SSSR count). The molecule has 6 nitrogen and oxygen atoms in total. The predicted molar refractivity (Wildman–Crippen MR) is 73.3 cm³/mol. The van der Waals surface area contributed by atoms with Gasteiger partial charge in [0, 0.05) is 18.3 Å². The van der Waals surface area contributed by atoms with Gasteiger partial charge in [0.25, 0.3) is 5.56 Å². The standard InChI is InChI=1S/C12H12ClN5O/c13-9-10(14)16-6-17-11(9)18-4-2-7-1-3-15-12(19)8(7)5-18/h1,3,6H,2,4-5H2,(H,15,19)(H2,14,16,17). The first-order valence-electron chi connectivity index (χ1n) is 5.87. The van der Waals surface area contributed by atoms with Crippen LogP contribution in [0.15, 0.2) is 23.4 Å². The summed E-state index contributed by atoms with van der Waals surface area (Å²) in [6, 6.07) is 1.93. The molecular weight excluding hydrogens is 266 g/mol. The molecule has 0 amide bonds. The second-order valence-corrected chi connectivity index (χ2v) is 4.76. The Morgan fingerprint density at radius 2 is 2.26 bits per heavy atom. The topological polar surface area (TPSA) is 87.9 Å². The quantitative estimate of drug-likeness (QED) is 0.811. The average Bonchev–Trinajstić information content (AvgIpc) is 2.42. The summed E-state index contributed by atoms with van der Waals surface area (Å²) in [5.74, 6) is 0.822. The third-order valence-corrected chi connectivity index (χ3v) is 3.62.